The number of aliphatic hydroxyl groups is 3. The zero-order valence-corrected chi connectivity index (χ0v) is 9.88. The van der Waals surface area contributed by atoms with Crippen molar-refractivity contribution in [1.82, 2.24) is 9.80 Å². The van der Waals surface area contributed by atoms with E-state index in [1.807, 2.05) is 4.90 Å². The van der Waals surface area contributed by atoms with Crippen LogP contribution >= 0.6 is 0 Å². The summed E-state index contributed by atoms with van der Waals surface area (Å²) in [4.78, 5) is 4.07. The predicted octanol–water partition coefficient (Wildman–Crippen LogP) is -1.25. The van der Waals surface area contributed by atoms with Crippen LogP contribution in [0.15, 0.2) is 12.7 Å². The molecule has 0 aliphatic rings. The number of aliphatic hydroxyl groups excluding tert-OH is 3. The van der Waals surface area contributed by atoms with E-state index in [1.54, 1.807) is 6.08 Å². The Morgan fingerprint density at radius 2 is 1.19 bits per heavy atom. The minimum atomic E-state index is 0.0987. The van der Waals surface area contributed by atoms with Gasteiger partial charge in [-0.05, 0) is 0 Å². The maximum atomic E-state index is 8.87. The second kappa shape index (κ2) is 11.0. The molecule has 3 N–H and O–H groups in total. The van der Waals surface area contributed by atoms with E-state index in [9.17, 15) is 0 Å². The third-order valence-electron chi connectivity index (χ3n) is 2.37. The van der Waals surface area contributed by atoms with E-state index < -0.39 is 0 Å². The molecule has 0 atom stereocenters. The molecule has 96 valence electrons. The fourth-order valence-electron chi connectivity index (χ4n) is 1.52. The van der Waals surface area contributed by atoms with Crippen LogP contribution in [0.1, 0.15) is 0 Å². The molecule has 0 aromatic heterocycles. The lowest BCUT2D eigenvalue weighted by Gasteiger charge is -2.25. The lowest BCUT2D eigenvalue weighted by molar-refractivity contribution is 0.137. The van der Waals surface area contributed by atoms with Crippen molar-refractivity contribution in [2.45, 2.75) is 0 Å². The molecule has 0 aliphatic heterocycles. The van der Waals surface area contributed by atoms with Crippen LogP contribution in [0.3, 0.4) is 0 Å². The molecule has 0 saturated heterocycles. The summed E-state index contributed by atoms with van der Waals surface area (Å²) >= 11 is 0. The average molecular weight is 232 g/mol. The van der Waals surface area contributed by atoms with Crippen molar-refractivity contribution in [2.24, 2.45) is 0 Å². The molecule has 5 nitrogen and oxygen atoms in total. The third kappa shape index (κ3) is 7.78. The van der Waals surface area contributed by atoms with Crippen LogP contribution in [-0.2, 0) is 0 Å². The Morgan fingerprint density at radius 3 is 1.62 bits per heavy atom. The van der Waals surface area contributed by atoms with Crippen LogP contribution in [0.5, 0.6) is 0 Å². The largest absolute Gasteiger partial charge is 0.395 e. The standard InChI is InChI=1S/C11H24N2O3/c1-2-3-12(6-9-14)4-5-13(7-10-15)8-11-16/h2,14-16H,1,3-11H2. The highest BCUT2D eigenvalue weighted by Crippen LogP contribution is 1.92. The summed E-state index contributed by atoms with van der Waals surface area (Å²) in [5, 5.41) is 26.6. The molecular formula is C11H24N2O3. The van der Waals surface area contributed by atoms with Gasteiger partial charge in [0, 0.05) is 39.3 Å². The summed E-state index contributed by atoms with van der Waals surface area (Å²) in [5.41, 5.74) is 0. The van der Waals surface area contributed by atoms with E-state index >= 15 is 0 Å². The molecule has 5 heteroatoms. The summed E-state index contributed by atoms with van der Waals surface area (Å²) in [6, 6.07) is 0. The molecule has 0 fully saturated rings. The first kappa shape index (κ1) is 15.5. The predicted molar refractivity (Wildman–Crippen MR) is 64.3 cm³/mol. The van der Waals surface area contributed by atoms with Crippen molar-refractivity contribution in [2.75, 3.05) is 59.1 Å². The van der Waals surface area contributed by atoms with Gasteiger partial charge in [-0.3, -0.25) is 9.80 Å². The molecule has 0 heterocycles. The Kier molecular flexibility index (Phi) is 10.7. The summed E-state index contributed by atoms with van der Waals surface area (Å²) in [6.45, 7) is 8.07. The maximum absolute atomic E-state index is 8.87. The van der Waals surface area contributed by atoms with E-state index in [2.05, 4.69) is 11.5 Å². The molecule has 0 unspecified atom stereocenters. The van der Waals surface area contributed by atoms with Gasteiger partial charge in [0.2, 0.25) is 0 Å². The molecule has 0 aromatic rings. The van der Waals surface area contributed by atoms with E-state index in [1.165, 1.54) is 0 Å². The van der Waals surface area contributed by atoms with Crippen molar-refractivity contribution < 1.29 is 15.3 Å². The molecule has 0 bridgehead atoms. The van der Waals surface area contributed by atoms with Crippen molar-refractivity contribution in [1.29, 1.82) is 0 Å². The quantitative estimate of drug-likeness (QED) is 0.389. The van der Waals surface area contributed by atoms with Crippen LogP contribution in [0.25, 0.3) is 0 Å². The molecule has 0 amide bonds. The van der Waals surface area contributed by atoms with Gasteiger partial charge < -0.3 is 15.3 Å². The Bertz CT molecular complexity index is 161. The highest BCUT2D eigenvalue weighted by Gasteiger charge is 2.07. The Morgan fingerprint density at radius 1 is 0.750 bits per heavy atom. The second-order valence-corrected chi connectivity index (χ2v) is 3.60. The Labute approximate surface area is 97.6 Å². The van der Waals surface area contributed by atoms with Crippen LogP contribution in [0.2, 0.25) is 0 Å². The Balaban J connectivity index is 3.87. The van der Waals surface area contributed by atoms with Gasteiger partial charge in [0.25, 0.3) is 0 Å². The molecule has 0 spiro atoms. The fraction of sp³-hybridized carbons (Fsp3) is 0.818. The topological polar surface area (TPSA) is 67.2 Å². The summed E-state index contributed by atoms with van der Waals surface area (Å²) in [7, 11) is 0. The zero-order valence-electron chi connectivity index (χ0n) is 9.88. The summed E-state index contributed by atoms with van der Waals surface area (Å²) in [6.07, 6.45) is 1.80. The highest BCUT2D eigenvalue weighted by molar-refractivity contribution is 4.74. The van der Waals surface area contributed by atoms with Crippen molar-refractivity contribution in [3.05, 3.63) is 12.7 Å². The first-order chi connectivity index (χ1) is 7.78. The van der Waals surface area contributed by atoms with E-state index in [4.69, 9.17) is 15.3 Å². The van der Waals surface area contributed by atoms with E-state index in [0.717, 1.165) is 19.6 Å². The van der Waals surface area contributed by atoms with Gasteiger partial charge in [-0.25, -0.2) is 0 Å². The van der Waals surface area contributed by atoms with Crippen LogP contribution in [-0.4, -0.2) is 84.2 Å². The minimum Gasteiger partial charge on any atom is -0.395 e. The van der Waals surface area contributed by atoms with Gasteiger partial charge in [0.05, 0.1) is 19.8 Å². The van der Waals surface area contributed by atoms with Gasteiger partial charge in [-0.15, -0.1) is 6.58 Å². The number of rotatable bonds is 11. The average Bonchev–Trinajstić information content (AvgIpc) is 2.27. The first-order valence-corrected chi connectivity index (χ1v) is 5.66. The smallest absolute Gasteiger partial charge is 0.0558 e. The minimum absolute atomic E-state index is 0.0987. The Hall–Kier alpha value is -0.460. The van der Waals surface area contributed by atoms with Crippen molar-refractivity contribution in [3.8, 4) is 0 Å². The lowest BCUT2D eigenvalue weighted by Crippen LogP contribution is -2.39. The maximum Gasteiger partial charge on any atom is 0.0558 e. The molecule has 0 aromatic carbocycles. The number of hydrogen-bond acceptors (Lipinski definition) is 5. The van der Waals surface area contributed by atoms with Gasteiger partial charge in [-0.1, -0.05) is 6.08 Å². The number of nitrogens with zero attached hydrogens (tertiary/aromatic N) is 2. The fourth-order valence-corrected chi connectivity index (χ4v) is 1.52. The molecule has 16 heavy (non-hydrogen) atoms. The van der Waals surface area contributed by atoms with Crippen LogP contribution in [0.4, 0.5) is 0 Å². The van der Waals surface area contributed by atoms with Gasteiger partial charge in [-0.2, -0.15) is 0 Å². The third-order valence-corrected chi connectivity index (χ3v) is 2.37. The molecule has 0 radical (unpaired) electrons. The van der Waals surface area contributed by atoms with Crippen LogP contribution in [0, 0.1) is 0 Å². The van der Waals surface area contributed by atoms with Gasteiger partial charge in [0.1, 0.15) is 0 Å². The van der Waals surface area contributed by atoms with E-state index in [0.29, 0.717) is 19.6 Å². The molecule has 0 saturated carbocycles. The summed E-state index contributed by atoms with van der Waals surface area (Å²) in [5.74, 6) is 0. The van der Waals surface area contributed by atoms with Crippen molar-refractivity contribution >= 4 is 0 Å². The second-order valence-electron chi connectivity index (χ2n) is 3.60. The van der Waals surface area contributed by atoms with Crippen LogP contribution < -0.4 is 0 Å². The highest BCUT2D eigenvalue weighted by atomic mass is 16.3. The SMILES string of the molecule is C=CCN(CCO)CCN(CCO)CCO. The normalized spacial score (nSPS) is 11.3. The molecule has 0 aliphatic carbocycles. The monoisotopic (exact) mass is 232 g/mol. The first-order valence-electron chi connectivity index (χ1n) is 5.66. The molecular weight excluding hydrogens is 208 g/mol. The lowest BCUT2D eigenvalue weighted by atomic mass is 10.4. The van der Waals surface area contributed by atoms with E-state index in [-0.39, 0.29) is 19.8 Å². The number of hydrogen-bond donors (Lipinski definition) is 3. The summed E-state index contributed by atoms with van der Waals surface area (Å²) < 4.78 is 0. The van der Waals surface area contributed by atoms with Gasteiger partial charge >= 0.3 is 0 Å². The zero-order chi connectivity index (χ0) is 12.2. The van der Waals surface area contributed by atoms with Gasteiger partial charge in [0.15, 0.2) is 0 Å². The molecule has 0 rings (SSSR count). The van der Waals surface area contributed by atoms with Crippen molar-refractivity contribution in [3.63, 3.8) is 0 Å².